The highest BCUT2D eigenvalue weighted by atomic mass is 16.5. The van der Waals surface area contributed by atoms with E-state index in [-0.39, 0.29) is 11.8 Å². The molecular formula is C9H16N4O2. The molecular weight excluding hydrogens is 196 g/mol. The number of hydrogen-bond acceptors (Lipinski definition) is 5. The minimum atomic E-state index is -0.0667. The van der Waals surface area contributed by atoms with Crippen molar-refractivity contribution >= 4 is 5.91 Å². The van der Waals surface area contributed by atoms with Gasteiger partial charge in [-0.05, 0) is 7.05 Å². The van der Waals surface area contributed by atoms with Gasteiger partial charge in [0.1, 0.15) is 0 Å². The molecule has 1 atom stereocenters. The van der Waals surface area contributed by atoms with Gasteiger partial charge in [0, 0.05) is 19.4 Å². The molecule has 0 radical (unpaired) electrons. The van der Waals surface area contributed by atoms with E-state index in [9.17, 15) is 4.79 Å². The Morgan fingerprint density at radius 2 is 2.33 bits per heavy atom. The fourth-order valence-corrected chi connectivity index (χ4v) is 1.15. The molecule has 84 valence electrons. The summed E-state index contributed by atoms with van der Waals surface area (Å²) in [6.07, 6.45) is 0. The van der Waals surface area contributed by atoms with Gasteiger partial charge in [-0.3, -0.25) is 4.79 Å². The van der Waals surface area contributed by atoms with Crippen LogP contribution >= 0.6 is 0 Å². The highest BCUT2D eigenvalue weighted by Crippen LogP contribution is 1.96. The highest BCUT2D eigenvalue weighted by molar-refractivity contribution is 5.78. The summed E-state index contributed by atoms with van der Waals surface area (Å²) in [5, 5.41) is 9.35. The number of rotatable bonds is 5. The number of aromatic nitrogens is 2. The molecule has 0 saturated carbocycles. The lowest BCUT2D eigenvalue weighted by molar-refractivity contribution is -0.124. The van der Waals surface area contributed by atoms with Gasteiger partial charge in [0.25, 0.3) is 0 Å². The average molecular weight is 212 g/mol. The van der Waals surface area contributed by atoms with Crippen LogP contribution in [0.1, 0.15) is 18.6 Å². The predicted octanol–water partition coefficient (Wildman–Crippen LogP) is -0.150. The van der Waals surface area contributed by atoms with Gasteiger partial charge in [-0.25, -0.2) is 0 Å². The first-order valence-corrected chi connectivity index (χ1v) is 4.85. The van der Waals surface area contributed by atoms with E-state index in [2.05, 4.69) is 20.8 Å². The summed E-state index contributed by atoms with van der Waals surface area (Å²) in [5.41, 5.74) is 0. The molecule has 6 nitrogen and oxygen atoms in total. The highest BCUT2D eigenvalue weighted by Gasteiger charge is 2.12. The van der Waals surface area contributed by atoms with Gasteiger partial charge < -0.3 is 15.2 Å². The molecule has 0 bridgehead atoms. The minimum absolute atomic E-state index is 0.0215. The second-order valence-corrected chi connectivity index (χ2v) is 3.41. The Hall–Kier alpha value is -1.43. The minimum Gasteiger partial charge on any atom is -0.348 e. The summed E-state index contributed by atoms with van der Waals surface area (Å²) < 4.78 is 4.78. The smallest absolute Gasteiger partial charge is 0.224 e. The zero-order valence-corrected chi connectivity index (χ0v) is 9.20. The molecule has 0 fully saturated rings. The molecule has 0 aliphatic carbocycles. The first kappa shape index (κ1) is 11.6. The molecule has 0 aliphatic rings. The van der Waals surface area contributed by atoms with E-state index < -0.39 is 0 Å². The van der Waals surface area contributed by atoms with Crippen LogP contribution in [0.2, 0.25) is 0 Å². The standard InChI is InChI=1S/C9H16N4O2/c1-6(4-10-3)9(14)11-5-8-12-7(2)15-13-8/h6,10H,4-5H2,1-3H3,(H,11,14). The monoisotopic (exact) mass is 212 g/mol. The maximum atomic E-state index is 11.5. The van der Waals surface area contributed by atoms with Crippen LogP contribution < -0.4 is 10.6 Å². The SMILES string of the molecule is CNCC(C)C(=O)NCc1noc(C)n1. The first-order chi connectivity index (χ1) is 7.13. The Balaban J connectivity index is 2.34. The molecule has 6 heteroatoms. The molecule has 0 aromatic carbocycles. The lowest BCUT2D eigenvalue weighted by atomic mass is 10.1. The van der Waals surface area contributed by atoms with Crippen molar-refractivity contribution in [1.29, 1.82) is 0 Å². The van der Waals surface area contributed by atoms with Crippen LogP contribution in [0.4, 0.5) is 0 Å². The van der Waals surface area contributed by atoms with Crippen molar-refractivity contribution in [2.24, 2.45) is 5.92 Å². The van der Waals surface area contributed by atoms with Crippen LogP contribution in [-0.4, -0.2) is 29.6 Å². The molecule has 2 N–H and O–H groups in total. The fourth-order valence-electron chi connectivity index (χ4n) is 1.15. The molecule has 1 rings (SSSR count). The van der Waals surface area contributed by atoms with Crippen molar-refractivity contribution in [3.05, 3.63) is 11.7 Å². The van der Waals surface area contributed by atoms with Crippen molar-refractivity contribution in [2.75, 3.05) is 13.6 Å². The number of amides is 1. The molecule has 1 amide bonds. The number of carbonyl (C=O) groups excluding carboxylic acids is 1. The van der Waals surface area contributed by atoms with Crippen LogP contribution in [-0.2, 0) is 11.3 Å². The van der Waals surface area contributed by atoms with Gasteiger partial charge in [-0.2, -0.15) is 4.98 Å². The number of nitrogens with one attached hydrogen (secondary N) is 2. The molecule has 0 spiro atoms. The zero-order chi connectivity index (χ0) is 11.3. The quantitative estimate of drug-likeness (QED) is 0.709. The number of carbonyl (C=O) groups is 1. The molecule has 15 heavy (non-hydrogen) atoms. The second kappa shape index (κ2) is 5.45. The lowest BCUT2D eigenvalue weighted by Gasteiger charge is -2.09. The summed E-state index contributed by atoms with van der Waals surface area (Å²) in [6, 6.07) is 0. The third kappa shape index (κ3) is 3.67. The Bertz CT molecular complexity index is 324. The molecule has 1 heterocycles. The van der Waals surface area contributed by atoms with E-state index in [1.165, 1.54) is 0 Å². The van der Waals surface area contributed by atoms with Crippen LogP contribution in [0.25, 0.3) is 0 Å². The van der Waals surface area contributed by atoms with Gasteiger partial charge in [-0.1, -0.05) is 12.1 Å². The average Bonchev–Trinajstić information content (AvgIpc) is 2.61. The second-order valence-electron chi connectivity index (χ2n) is 3.41. The third-order valence-corrected chi connectivity index (χ3v) is 1.95. The van der Waals surface area contributed by atoms with E-state index in [0.717, 1.165) is 0 Å². The summed E-state index contributed by atoms with van der Waals surface area (Å²) in [7, 11) is 1.81. The number of nitrogens with zero attached hydrogens (tertiary/aromatic N) is 2. The summed E-state index contributed by atoms with van der Waals surface area (Å²) >= 11 is 0. The predicted molar refractivity (Wildman–Crippen MR) is 54.0 cm³/mol. The third-order valence-electron chi connectivity index (χ3n) is 1.95. The Labute approximate surface area is 88.4 Å². The summed E-state index contributed by atoms with van der Waals surface area (Å²) in [5.74, 6) is 0.912. The van der Waals surface area contributed by atoms with Gasteiger partial charge in [0.15, 0.2) is 5.82 Å². The summed E-state index contributed by atoms with van der Waals surface area (Å²) in [4.78, 5) is 15.5. The van der Waals surface area contributed by atoms with Crippen molar-refractivity contribution in [3.8, 4) is 0 Å². The molecule has 1 aromatic heterocycles. The van der Waals surface area contributed by atoms with E-state index in [0.29, 0.717) is 24.8 Å². The molecule has 1 unspecified atom stereocenters. The zero-order valence-electron chi connectivity index (χ0n) is 9.20. The molecule has 0 aliphatic heterocycles. The van der Waals surface area contributed by atoms with Gasteiger partial charge in [-0.15, -0.1) is 0 Å². The largest absolute Gasteiger partial charge is 0.348 e. The maximum Gasteiger partial charge on any atom is 0.224 e. The van der Waals surface area contributed by atoms with Gasteiger partial charge in [0.2, 0.25) is 11.8 Å². The van der Waals surface area contributed by atoms with E-state index >= 15 is 0 Å². The Morgan fingerprint density at radius 1 is 1.60 bits per heavy atom. The van der Waals surface area contributed by atoms with Crippen molar-refractivity contribution in [2.45, 2.75) is 20.4 Å². The first-order valence-electron chi connectivity index (χ1n) is 4.85. The van der Waals surface area contributed by atoms with Crippen LogP contribution in [0, 0.1) is 12.8 Å². The van der Waals surface area contributed by atoms with E-state index in [1.807, 2.05) is 14.0 Å². The van der Waals surface area contributed by atoms with Crippen molar-refractivity contribution < 1.29 is 9.32 Å². The number of hydrogen-bond donors (Lipinski definition) is 2. The Kier molecular flexibility index (Phi) is 4.23. The summed E-state index contributed by atoms with van der Waals surface area (Å²) in [6.45, 7) is 4.52. The van der Waals surface area contributed by atoms with E-state index in [4.69, 9.17) is 4.52 Å². The normalized spacial score (nSPS) is 12.5. The van der Waals surface area contributed by atoms with Gasteiger partial charge >= 0.3 is 0 Å². The van der Waals surface area contributed by atoms with Crippen molar-refractivity contribution in [3.63, 3.8) is 0 Å². The van der Waals surface area contributed by atoms with Crippen molar-refractivity contribution in [1.82, 2.24) is 20.8 Å². The topological polar surface area (TPSA) is 80.0 Å². The molecule has 0 saturated heterocycles. The van der Waals surface area contributed by atoms with Crippen LogP contribution in [0.15, 0.2) is 4.52 Å². The number of aryl methyl sites for hydroxylation is 1. The van der Waals surface area contributed by atoms with Crippen LogP contribution in [0.5, 0.6) is 0 Å². The molecule has 1 aromatic rings. The van der Waals surface area contributed by atoms with Gasteiger partial charge in [0.05, 0.1) is 6.54 Å². The van der Waals surface area contributed by atoms with E-state index in [1.54, 1.807) is 6.92 Å². The van der Waals surface area contributed by atoms with Crippen LogP contribution in [0.3, 0.4) is 0 Å². The fraction of sp³-hybridized carbons (Fsp3) is 0.667. The Morgan fingerprint density at radius 3 is 2.87 bits per heavy atom. The maximum absolute atomic E-state index is 11.5. The lowest BCUT2D eigenvalue weighted by Crippen LogP contribution is -2.34.